The molecule has 5 heteroatoms. The Morgan fingerprint density at radius 3 is 1.35 bits per heavy atom. The molecular weight excluding hydrogens is 771 g/mol. The van der Waals surface area contributed by atoms with Crippen LogP contribution in [0.5, 0.6) is 0 Å². The van der Waals surface area contributed by atoms with Crippen LogP contribution >= 0.6 is 0 Å². The maximum atomic E-state index is 6.40. The van der Waals surface area contributed by atoms with E-state index in [1.165, 1.54) is 43.4 Å². The number of benzene rings is 9. The Kier molecular flexibility index (Phi) is 7.84. The standard InChI is InChI=1S/C58H35N3O2/c1-2-8-39-29-40(14-13-36(39)7-1)41-21-27-47-42(30-41)15-16-43-31-46(26-28-48(43)47)61(44-22-17-37(18-23-44)51-32-59-34-53-49-9-3-5-11-55(49)62-57(51)53)45-24-19-38(20-25-45)52-33-60-35-54-50-10-4-6-12-56(50)63-58(52)54/h1-35H. The van der Waals surface area contributed by atoms with Gasteiger partial charge >= 0.3 is 0 Å². The minimum atomic E-state index is 0.839. The van der Waals surface area contributed by atoms with Gasteiger partial charge in [0.25, 0.3) is 0 Å². The lowest BCUT2D eigenvalue weighted by atomic mass is 9.96. The molecule has 13 rings (SSSR count). The maximum absolute atomic E-state index is 6.40. The topological polar surface area (TPSA) is 55.3 Å². The smallest absolute Gasteiger partial charge is 0.146 e. The second-order valence-electron chi connectivity index (χ2n) is 16.2. The highest BCUT2D eigenvalue weighted by Crippen LogP contribution is 2.42. The van der Waals surface area contributed by atoms with Crippen molar-refractivity contribution in [2.45, 2.75) is 0 Å². The van der Waals surface area contributed by atoms with E-state index in [0.29, 0.717) is 0 Å². The van der Waals surface area contributed by atoms with Crippen LogP contribution in [0, 0.1) is 0 Å². The van der Waals surface area contributed by atoms with Gasteiger partial charge in [-0.25, -0.2) is 0 Å². The van der Waals surface area contributed by atoms with Gasteiger partial charge in [0.1, 0.15) is 22.3 Å². The lowest BCUT2D eigenvalue weighted by Gasteiger charge is -2.26. The molecule has 0 spiro atoms. The predicted octanol–water partition coefficient (Wildman–Crippen LogP) is 16.2. The maximum Gasteiger partial charge on any atom is 0.146 e. The summed E-state index contributed by atoms with van der Waals surface area (Å²) in [6.45, 7) is 0. The lowest BCUT2D eigenvalue weighted by Crippen LogP contribution is -2.09. The molecule has 0 aliphatic heterocycles. The molecule has 0 aliphatic carbocycles. The summed E-state index contributed by atoms with van der Waals surface area (Å²) in [5.41, 5.74) is 12.9. The van der Waals surface area contributed by atoms with Gasteiger partial charge in [0.15, 0.2) is 0 Å². The normalized spacial score (nSPS) is 11.8. The third kappa shape index (κ3) is 5.78. The summed E-state index contributed by atoms with van der Waals surface area (Å²) < 4.78 is 12.8. The predicted molar refractivity (Wildman–Crippen MR) is 260 cm³/mol. The van der Waals surface area contributed by atoms with E-state index in [-0.39, 0.29) is 0 Å². The van der Waals surface area contributed by atoms with Crippen molar-refractivity contribution in [2.75, 3.05) is 4.90 Å². The SMILES string of the molecule is c1ccc2cc(-c3ccc4c(ccc5cc(N(c6ccc(-c7cncc8c7oc7ccccc78)cc6)c6ccc(-c7cncc8c7oc7ccccc78)cc6)ccc54)c3)ccc2c1. The van der Waals surface area contributed by atoms with Gasteiger partial charge < -0.3 is 13.7 Å². The molecule has 0 saturated heterocycles. The third-order valence-electron chi connectivity index (χ3n) is 12.6. The van der Waals surface area contributed by atoms with Gasteiger partial charge in [-0.15, -0.1) is 0 Å². The third-order valence-corrected chi connectivity index (χ3v) is 12.6. The molecule has 0 unspecified atom stereocenters. The number of anilines is 3. The molecule has 0 fully saturated rings. The van der Waals surface area contributed by atoms with Crippen LogP contribution in [-0.2, 0) is 0 Å². The van der Waals surface area contributed by atoms with Crippen LogP contribution < -0.4 is 4.90 Å². The first-order chi connectivity index (χ1) is 31.2. The fourth-order valence-corrected chi connectivity index (χ4v) is 9.46. The quantitative estimate of drug-likeness (QED) is 0.157. The zero-order chi connectivity index (χ0) is 41.4. The van der Waals surface area contributed by atoms with Gasteiger partial charge in [-0.05, 0) is 115 Å². The first-order valence-corrected chi connectivity index (χ1v) is 21.2. The largest absolute Gasteiger partial charge is 0.455 e. The lowest BCUT2D eigenvalue weighted by molar-refractivity contribution is 0.669. The van der Waals surface area contributed by atoms with Gasteiger partial charge in [-0.3, -0.25) is 9.97 Å². The second-order valence-corrected chi connectivity index (χ2v) is 16.2. The molecule has 5 nitrogen and oxygen atoms in total. The van der Waals surface area contributed by atoms with Crippen LogP contribution in [0.15, 0.2) is 222 Å². The molecule has 294 valence electrons. The Morgan fingerprint density at radius 1 is 0.302 bits per heavy atom. The average Bonchev–Trinajstić information content (AvgIpc) is 3.93. The highest BCUT2D eigenvalue weighted by Gasteiger charge is 2.18. The number of nitrogens with zero attached hydrogens (tertiary/aromatic N) is 3. The average molecular weight is 806 g/mol. The molecule has 4 aromatic heterocycles. The number of para-hydroxylation sites is 2. The Labute approximate surface area is 361 Å². The number of aromatic nitrogens is 2. The number of furan rings is 2. The van der Waals surface area contributed by atoms with Gasteiger partial charge in [0.05, 0.1) is 0 Å². The van der Waals surface area contributed by atoms with Gasteiger partial charge in [0.2, 0.25) is 0 Å². The fourth-order valence-electron chi connectivity index (χ4n) is 9.46. The van der Waals surface area contributed by atoms with Gasteiger partial charge in [0, 0.05) is 74.5 Å². The Balaban J connectivity index is 0.911. The van der Waals surface area contributed by atoms with Crippen LogP contribution in [0.2, 0.25) is 0 Å². The van der Waals surface area contributed by atoms with Crippen LogP contribution in [0.3, 0.4) is 0 Å². The van der Waals surface area contributed by atoms with Crippen LogP contribution in [0.25, 0.3) is 110 Å². The van der Waals surface area contributed by atoms with Crippen LogP contribution in [0.1, 0.15) is 0 Å². The molecule has 13 aromatic rings. The summed E-state index contributed by atoms with van der Waals surface area (Å²) in [4.78, 5) is 11.6. The van der Waals surface area contributed by atoms with E-state index in [9.17, 15) is 0 Å². The Hall–Kier alpha value is -8.54. The first kappa shape index (κ1) is 35.2. The molecule has 0 bridgehead atoms. The number of rotatable bonds is 6. The van der Waals surface area contributed by atoms with Gasteiger partial charge in [-0.2, -0.15) is 0 Å². The molecule has 0 radical (unpaired) electrons. The molecule has 0 N–H and O–H groups in total. The van der Waals surface area contributed by atoms with Crippen molar-refractivity contribution in [3.05, 3.63) is 213 Å². The van der Waals surface area contributed by atoms with Crippen molar-refractivity contribution < 1.29 is 8.83 Å². The van der Waals surface area contributed by atoms with Crippen molar-refractivity contribution in [3.8, 4) is 33.4 Å². The summed E-state index contributed by atoms with van der Waals surface area (Å²) in [6.07, 6.45) is 7.57. The number of pyridine rings is 2. The highest BCUT2D eigenvalue weighted by molar-refractivity contribution is 6.11. The van der Waals surface area contributed by atoms with Gasteiger partial charge in [-0.1, -0.05) is 127 Å². The summed E-state index contributed by atoms with van der Waals surface area (Å²) in [6, 6.07) is 67.0. The van der Waals surface area contributed by atoms with Crippen molar-refractivity contribution in [1.29, 1.82) is 0 Å². The minimum Gasteiger partial charge on any atom is -0.455 e. The zero-order valence-corrected chi connectivity index (χ0v) is 33.9. The summed E-state index contributed by atoms with van der Waals surface area (Å²) >= 11 is 0. The summed E-state index contributed by atoms with van der Waals surface area (Å²) in [5, 5.41) is 11.5. The van der Waals surface area contributed by atoms with Crippen molar-refractivity contribution >= 4 is 93.3 Å². The second kappa shape index (κ2) is 14.0. The van der Waals surface area contributed by atoms with Crippen molar-refractivity contribution in [1.82, 2.24) is 9.97 Å². The molecule has 0 saturated carbocycles. The van der Waals surface area contributed by atoms with E-state index in [0.717, 1.165) is 83.2 Å². The summed E-state index contributed by atoms with van der Waals surface area (Å²) in [5.74, 6) is 0. The van der Waals surface area contributed by atoms with E-state index in [1.54, 1.807) is 0 Å². The van der Waals surface area contributed by atoms with E-state index >= 15 is 0 Å². The van der Waals surface area contributed by atoms with Crippen molar-refractivity contribution in [2.24, 2.45) is 0 Å². The van der Waals surface area contributed by atoms with E-state index in [4.69, 9.17) is 8.83 Å². The zero-order valence-electron chi connectivity index (χ0n) is 33.9. The van der Waals surface area contributed by atoms with E-state index < -0.39 is 0 Å². The molecule has 0 aliphatic rings. The number of hydrogen-bond acceptors (Lipinski definition) is 5. The number of fused-ring (bicyclic) bond motifs is 10. The fraction of sp³-hybridized carbons (Fsp3) is 0. The Morgan fingerprint density at radius 2 is 0.746 bits per heavy atom. The number of hydrogen-bond donors (Lipinski definition) is 0. The summed E-state index contributed by atoms with van der Waals surface area (Å²) in [7, 11) is 0. The molecule has 4 heterocycles. The van der Waals surface area contributed by atoms with E-state index in [2.05, 4.69) is 167 Å². The van der Waals surface area contributed by atoms with E-state index in [1.807, 2.05) is 61.2 Å². The highest BCUT2D eigenvalue weighted by atomic mass is 16.3. The molecule has 63 heavy (non-hydrogen) atoms. The molecule has 0 atom stereocenters. The monoisotopic (exact) mass is 805 g/mol. The molecule has 9 aromatic carbocycles. The minimum absolute atomic E-state index is 0.839. The first-order valence-electron chi connectivity index (χ1n) is 21.2. The molecular formula is C58H35N3O2. The van der Waals surface area contributed by atoms with Crippen molar-refractivity contribution in [3.63, 3.8) is 0 Å². The van der Waals surface area contributed by atoms with Crippen LogP contribution in [0.4, 0.5) is 17.1 Å². The Bertz CT molecular complexity index is 3760. The molecule has 0 amide bonds. The van der Waals surface area contributed by atoms with Crippen LogP contribution in [-0.4, -0.2) is 9.97 Å².